The number of benzene rings is 1. The van der Waals surface area contributed by atoms with Gasteiger partial charge in [0.1, 0.15) is 11.5 Å². The lowest BCUT2D eigenvalue weighted by atomic mass is 10.0. The lowest BCUT2D eigenvalue weighted by Crippen LogP contribution is -2.40. The number of hydrogen-bond acceptors (Lipinski definition) is 3. The predicted octanol–water partition coefficient (Wildman–Crippen LogP) is 3.69. The van der Waals surface area contributed by atoms with Gasteiger partial charge in [-0.25, -0.2) is 8.42 Å². The standard InChI is InChI=1S/C18H23NO3S/c1-15-10-11-18(22-15)17-9-5-6-13-19(17)23(20,21)14-12-16-7-3-2-4-8-16/h2-4,7-8,10-11,17H,5-6,9,12-14H2,1H3. The molecular formula is C18H23NO3S. The Morgan fingerprint density at radius 2 is 1.91 bits per heavy atom. The van der Waals surface area contributed by atoms with E-state index in [0.717, 1.165) is 36.3 Å². The van der Waals surface area contributed by atoms with Crippen molar-refractivity contribution in [3.63, 3.8) is 0 Å². The molecule has 0 spiro atoms. The van der Waals surface area contributed by atoms with Gasteiger partial charge in [0.05, 0.1) is 11.8 Å². The van der Waals surface area contributed by atoms with E-state index in [1.54, 1.807) is 4.31 Å². The van der Waals surface area contributed by atoms with Gasteiger partial charge in [0, 0.05) is 6.54 Å². The molecular weight excluding hydrogens is 310 g/mol. The van der Waals surface area contributed by atoms with Crippen molar-refractivity contribution in [1.82, 2.24) is 4.31 Å². The van der Waals surface area contributed by atoms with E-state index >= 15 is 0 Å². The van der Waals surface area contributed by atoms with Gasteiger partial charge in [0.15, 0.2) is 0 Å². The fourth-order valence-electron chi connectivity index (χ4n) is 3.16. The first-order chi connectivity index (χ1) is 11.1. The van der Waals surface area contributed by atoms with Crippen LogP contribution in [0.4, 0.5) is 0 Å². The molecule has 1 aliphatic rings. The Morgan fingerprint density at radius 1 is 1.13 bits per heavy atom. The van der Waals surface area contributed by atoms with Crippen LogP contribution in [0, 0.1) is 6.92 Å². The van der Waals surface area contributed by atoms with Crippen molar-refractivity contribution in [2.24, 2.45) is 0 Å². The monoisotopic (exact) mass is 333 g/mol. The van der Waals surface area contributed by atoms with E-state index in [-0.39, 0.29) is 11.8 Å². The average Bonchev–Trinajstić information content (AvgIpc) is 3.00. The Morgan fingerprint density at radius 3 is 2.61 bits per heavy atom. The molecule has 0 N–H and O–H groups in total. The fourth-order valence-corrected chi connectivity index (χ4v) is 4.90. The summed E-state index contributed by atoms with van der Waals surface area (Å²) in [5, 5.41) is 0. The minimum atomic E-state index is -3.30. The van der Waals surface area contributed by atoms with Gasteiger partial charge in [-0.15, -0.1) is 0 Å². The summed E-state index contributed by atoms with van der Waals surface area (Å²) >= 11 is 0. The topological polar surface area (TPSA) is 50.5 Å². The smallest absolute Gasteiger partial charge is 0.215 e. The molecule has 0 saturated carbocycles. The molecule has 5 heteroatoms. The second kappa shape index (κ2) is 6.89. The lowest BCUT2D eigenvalue weighted by molar-refractivity contribution is 0.224. The van der Waals surface area contributed by atoms with E-state index in [2.05, 4.69) is 0 Å². The Bertz CT molecular complexity index is 737. The van der Waals surface area contributed by atoms with Gasteiger partial charge in [-0.2, -0.15) is 4.31 Å². The first kappa shape index (κ1) is 16.3. The van der Waals surface area contributed by atoms with E-state index in [1.807, 2.05) is 49.4 Å². The molecule has 0 radical (unpaired) electrons. The van der Waals surface area contributed by atoms with Crippen molar-refractivity contribution in [1.29, 1.82) is 0 Å². The van der Waals surface area contributed by atoms with E-state index in [9.17, 15) is 8.42 Å². The molecule has 0 aliphatic carbocycles. The fraction of sp³-hybridized carbons (Fsp3) is 0.444. The molecule has 1 unspecified atom stereocenters. The summed E-state index contributed by atoms with van der Waals surface area (Å²) in [6, 6.07) is 13.4. The normalized spacial score (nSPS) is 19.8. The Kier molecular flexibility index (Phi) is 4.87. The molecule has 1 aliphatic heterocycles. The van der Waals surface area contributed by atoms with Gasteiger partial charge in [0.2, 0.25) is 10.0 Å². The number of aryl methyl sites for hydroxylation is 2. The number of piperidine rings is 1. The summed E-state index contributed by atoms with van der Waals surface area (Å²) in [7, 11) is -3.30. The van der Waals surface area contributed by atoms with Crippen molar-refractivity contribution < 1.29 is 12.8 Å². The SMILES string of the molecule is Cc1ccc(C2CCCCN2S(=O)(=O)CCc2ccccc2)o1. The van der Waals surface area contributed by atoms with Crippen LogP contribution in [0.2, 0.25) is 0 Å². The van der Waals surface area contributed by atoms with Crippen LogP contribution in [0.25, 0.3) is 0 Å². The van der Waals surface area contributed by atoms with Crippen LogP contribution < -0.4 is 0 Å². The highest BCUT2D eigenvalue weighted by atomic mass is 32.2. The van der Waals surface area contributed by atoms with Crippen LogP contribution in [0.5, 0.6) is 0 Å². The van der Waals surface area contributed by atoms with Crippen molar-refractivity contribution in [2.75, 3.05) is 12.3 Å². The van der Waals surface area contributed by atoms with Crippen molar-refractivity contribution in [3.8, 4) is 0 Å². The molecule has 1 aromatic heterocycles. The van der Waals surface area contributed by atoms with Crippen LogP contribution in [0.15, 0.2) is 46.9 Å². The average molecular weight is 333 g/mol. The van der Waals surface area contributed by atoms with Gasteiger partial charge in [-0.1, -0.05) is 36.8 Å². The third-order valence-corrected chi connectivity index (χ3v) is 6.26. The number of nitrogens with zero attached hydrogens (tertiary/aromatic N) is 1. The zero-order valence-corrected chi connectivity index (χ0v) is 14.3. The van der Waals surface area contributed by atoms with E-state index in [1.165, 1.54) is 0 Å². The highest BCUT2D eigenvalue weighted by Crippen LogP contribution is 2.34. The summed E-state index contributed by atoms with van der Waals surface area (Å²) in [6.07, 6.45) is 3.33. The second-order valence-electron chi connectivity index (χ2n) is 6.12. The van der Waals surface area contributed by atoms with E-state index in [4.69, 9.17) is 4.42 Å². The Labute approximate surface area is 138 Å². The second-order valence-corrected chi connectivity index (χ2v) is 8.16. The van der Waals surface area contributed by atoms with Crippen LogP contribution in [-0.2, 0) is 16.4 Å². The molecule has 0 amide bonds. The molecule has 4 nitrogen and oxygen atoms in total. The molecule has 1 fully saturated rings. The number of hydrogen-bond donors (Lipinski definition) is 0. The minimum Gasteiger partial charge on any atom is -0.465 e. The molecule has 0 bridgehead atoms. The summed E-state index contributed by atoms with van der Waals surface area (Å²) in [5.41, 5.74) is 1.05. The molecule has 2 heterocycles. The largest absolute Gasteiger partial charge is 0.465 e. The Balaban J connectivity index is 1.76. The van der Waals surface area contributed by atoms with Gasteiger partial charge in [0.25, 0.3) is 0 Å². The first-order valence-corrected chi connectivity index (χ1v) is 9.77. The van der Waals surface area contributed by atoms with Crippen molar-refractivity contribution in [3.05, 3.63) is 59.5 Å². The molecule has 1 saturated heterocycles. The summed E-state index contributed by atoms with van der Waals surface area (Å²) in [6.45, 7) is 2.47. The minimum absolute atomic E-state index is 0.146. The first-order valence-electron chi connectivity index (χ1n) is 8.16. The predicted molar refractivity (Wildman–Crippen MR) is 90.7 cm³/mol. The van der Waals surface area contributed by atoms with Crippen molar-refractivity contribution >= 4 is 10.0 Å². The quantitative estimate of drug-likeness (QED) is 0.838. The van der Waals surface area contributed by atoms with Crippen LogP contribution in [0.3, 0.4) is 0 Å². The molecule has 2 aromatic rings. The number of furan rings is 1. The van der Waals surface area contributed by atoms with Crippen molar-refractivity contribution in [2.45, 2.75) is 38.6 Å². The highest BCUT2D eigenvalue weighted by molar-refractivity contribution is 7.89. The van der Waals surface area contributed by atoms with Crippen LogP contribution >= 0.6 is 0 Å². The van der Waals surface area contributed by atoms with E-state index < -0.39 is 10.0 Å². The highest BCUT2D eigenvalue weighted by Gasteiger charge is 2.34. The molecule has 124 valence electrons. The van der Waals surface area contributed by atoms with Gasteiger partial charge in [-0.05, 0) is 43.9 Å². The summed E-state index contributed by atoms with van der Waals surface area (Å²) in [4.78, 5) is 0. The van der Waals surface area contributed by atoms with Crippen LogP contribution in [-0.4, -0.2) is 25.0 Å². The molecule has 1 aromatic carbocycles. The zero-order valence-electron chi connectivity index (χ0n) is 13.4. The maximum absolute atomic E-state index is 12.8. The van der Waals surface area contributed by atoms with Gasteiger partial charge < -0.3 is 4.42 Å². The van der Waals surface area contributed by atoms with Gasteiger partial charge >= 0.3 is 0 Å². The maximum atomic E-state index is 12.8. The lowest BCUT2D eigenvalue weighted by Gasteiger charge is -2.33. The van der Waals surface area contributed by atoms with Crippen LogP contribution in [0.1, 0.15) is 42.4 Å². The molecule has 3 rings (SSSR count). The molecule has 23 heavy (non-hydrogen) atoms. The summed E-state index contributed by atoms with van der Waals surface area (Å²) in [5.74, 6) is 1.74. The molecule has 1 atom stereocenters. The Hall–Kier alpha value is -1.59. The third kappa shape index (κ3) is 3.85. The zero-order chi connectivity index (χ0) is 16.3. The maximum Gasteiger partial charge on any atom is 0.215 e. The third-order valence-electron chi connectivity index (χ3n) is 4.39. The van der Waals surface area contributed by atoms with Gasteiger partial charge in [-0.3, -0.25) is 0 Å². The summed E-state index contributed by atoms with van der Waals surface area (Å²) < 4.78 is 33.0. The van der Waals surface area contributed by atoms with E-state index in [0.29, 0.717) is 13.0 Å². The number of rotatable bonds is 5. The number of sulfonamides is 1.